The van der Waals surface area contributed by atoms with Crippen molar-refractivity contribution in [2.75, 3.05) is 6.54 Å². The van der Waals surface area contributed by atoms with Gasteiger partial charge in [-0.25, -0.2) is 4.79 Å². The van der Waals surface area contributed by atoms with Gasteiger partial charge in [0, 0.05) is 23.6 Å². The van der Waals surface area contributed by atoms with E-state index in [1.165, 1.54) is 6.92 Å². The van der Waals surface area contributed by atoms with Gasteiger partial charge in [0.15, 0.2) is 0 Å². The van der Waals surface area contributed by atoms with Crippen LogP contribution in [-0.2, 0) is 0 Å². The molecule has 180 valence electrons. The number of carbonyl (C=O) groups excluding carboxylic acids is 2. The first-order valence-electron chi connectivity index (χ1n) is 10.9. The van der Waals surface area contributed by atoms with Gasteiger partial charge < -0.3 is 11.1 Å². The van der Waals surface area contributed by atoms with Crippen LogP contribution in [0.15, 0.2) is 72.8 Å². The molecule has 6 nitrogen and oxygen atoms in total. The number of carbonyl (C=O) groups is 2. The fraction of sp³-hybridized carbons (Fsp3) is 0.185. The lowest BCUT2D eigenvalue weighted by atomic mass is 9.88. The molecule has 0 radical (unpaired) electrons. The van der Waals surface area contributed by atoms with Gasteiger partial charge in [-0.3, -0.25) is 10.0 Å². The van der Waals surface area contributed by atoms with E-state index in [4.69, 9.17) is 28.9 Å². The molecule has 8 heteroatoms. The Balaban J connectivity index is 1.68. The maximum Gasteiger partial charge on any atom is 0.339 e. The van der Waals surface area contributed by atoms with Gasteiger partial charge in [-0.2, -0.15) is 5.06 Å². The molecule has 2 atom stereocenters. The van der Waals surface area contributed by atoms with Crippen LogP contribution in [0.4, 0.5) is 4.79 Å². The Labute approximate surface area is 214 Å². The molecular formula is C27H25Cl2N3O3. The summed E-state index contributed by atoms with van der Waals surface area (Å²) < 4.78 is 0. The molecule has 4 N–H and O–H groups in total. The molecule has 35 heavy (non-hydrogen) atoms. The van der Waals surface area contributed by atoms with E-state index in [0.717, 1.165) is 11.1 Å². The van der Waals surface area contributed by atoms with Gasteiger partial charge in [0.25, 0.3) is 5.91 Å². The quantitative estimate of drug-likeness (QED) is 0.224. The Kier molecular flexibility index (Phi) is 9.16. The molecule has 3 amide bonds. The van der Waals surface area contributed by atoms with Crippen LogP contribution < -0.4 is 11.1 Å². The topological polar surface area (TPSA) is 95.7 Å². The number of halogens is 2. The molecule has 1 unspecified atom stereocenters. The molecule has 0 spiro atoms. The van der Waals surface area contributed by atoms with Crippen LogP contribution in [0.25, 0.3) is 0 Å². The molecule has 0 bridgehead atoms. The lowest BCUT2D eigenvalue weighted by Gasteiger charge is -2.19. The maximum atomic E-state index is 12.8. The third-order valence-corrected chi connectivity index (χ3v) is 6.15. The van der Waals surface area contributed by atoms with Crippen molar-refractivity contribution < 1.29 is 14.8 Å². The molecule has 0 saturated heterocycles. The summed E-state index contributed by atoms with van der Waals surface area (Å²) in [4.78, 5) is 23.8. The molecule has 0 aromatic heterocycles. The highest BCUT2D eigenvalue weighted by atomic mass is 35.5. The monoisotopic (exact) mass is 509 g/mol. The number of primary amides is 1. The third-order valence-electron chi connectivity index (χ3n) is 5.41. The molecule has 3 aromatic carbocycles. The van der Waals surface area contributed by atoms with Crippen molar-refractivity contribution in [1.29, 1.82) is 0 Å². The van der Waals surface area contributed by atoms with Gasteiger partial charge in [0.1, 0.15) is 6.04 Å². The first-order chi connectivity index (χ1) is 16.8. The average molecular weight is 510 g/mol. The summed E-state index contributed by atoms with van der Waals surface area (Å²) in [6.45, 7) is 1.97. The summed E-state index contributed by atoms with van der Waals surface area (Å²) in [6, 6.07) is 20.6. The molecule has 3 aromatic rings. The maximum absolute atomic E-state index is 12.8. The zero-order valence-corrected chi connectivity index (χ0v) is 20.6. The number of urea groups is 1. The van der Waals surface area contributed by atoms with Gasteiger partial charge >= 0.3 is 6.03 Å². The van der Waals surface area contributed by atoms with E-state index >= 15 is 0 Å². The fourth-order valence-electron chi connectivity index (χ4n) is 3.55. The summed E-state index contributed by atoms with van der Waals surface area (Å²) in [5, 5.41) is 13.8. The number of amides is 3. The van der Waals surface area contributed by atoms with Crippen LogP contribution in [0.1, 0.15) is 46.3 Å². The van der Waals surface area contributed by atoms with Crippen molar-refractivity contribution in [3.63, 3.8) is 0 Å². The zero-order valence-electron chi connectivity index (χ0n) is 19.0. The second-order valence-electron chi connectivity index (χ2n) is 7.89. The minimum atomic E-state index is -0.991. The van der Waals surface area contributed by atoms with Gasteiger partial charge in [-0.15, -0.1) is 0 Å². The molecular weight excluding hydrogens is 485 g/mol. The zero-order chi connectivity index (χ0) is 25.4. The molecule has 0 saturated carbocycles. The van der Waals surface area contributed by atoms with Crippen LogP contribution in [-0.4, -0.2) is 34.8 Å². The van der Waals surface area contributed by atoms with Gasteiger partial charge in [0.2, 0.25) is 0 Å². The van der Waals surface area contributed by atoms with E-state index < -0.39 is 12.1 Å². The van der Waals surface area contributed by atoms with Gasteiger partial charge in [-0.1, -0.05) is 77.5 Å². The van der Waals surface area contributed by atoms with E-state index in [1.54, 1.807) is 30.3 Å². The molecule has 0 aliphatic carbocycles. The van der Waals surface area contributed by atoms with Crippen LogP contribution in [0.2, 0.25) is 10.0 Å². The molecule has 0 fully saturated rings. The Bertz CT molecular complexity index is 1260. The van der Waals surface area contributed by atoms with Crippen molar-refractivity contribution >= 4 is 35.1 Å². The second kappa shape index (κ2) is 12.3. The average Bonchev–Trinajstić information content (AvgIpc) is 2.87. The normalized spacial score (nSPS) is 12.1. The van der Waals surface area contributed by atoms with Crippen molar-refractivity contribution in [2.24, 2.45) is 5.73 Å². The Hall–Kier alpha value is -3.50. The van der Waals surface area contributed by atoms with Crippen molar-refractivity contribution in [2.45, 2.75) is 25.3 Å². The fourth-order valence-corrected chi connectivity index (χ4v) is 3.86. The van der Waals surface area contributed by atoms with Gasteiger partial charge in [-0.05, 0) is 54.8 Å². The van der Waals surface area contributed by atoms with Crippen molar-refractivity contribution in [3.05, 3.63) is 105 Å². The minimum absolute atomic E-state index is 0.0247. The smallest absolute Gasteiger partial charge is 0.339 e. The summed E-state index contributed by atoms with van der Waals surface area (Å²) in [5.74, 6) is 5.35. The SMILES string of the molecule is C[C@H](C#Cc1cccc(C(=O)NCCC(c2ccccc2)c2ccc(Cl)c(Cl)c2)c1)N(O)C(N)=O. The number of rotatable bonds is 7. The van der Waals surface area contributed by atoms with E-state index in [9.17, 15) is 14.8 Å². The molecule has 0 heterocycles. The lowest BCUT2D eigenvalue weighted by molar-refractivity contribution is -0.0536. The van der Waals surface area contributed by atoms with Crippen molar-refractivity contribution in [1.82, 2.24) is 10.4 Å². The molecule has 3 rings (SSSR count). The number of hydrogen-bond donors (Lipinski definition) is 3. The first-order valence-corrected chi connectivity index (χ1v) is 11.7. The highest BCUT2D eigenvalue weighted by Crippen LogP contribution is 2.32. The number of nitrogens with one attached hydrogen (secondary N) is 1. The highest BCUT2D eigenvalue weighted by molar-refractivity contribution is 6.42. The Morgan fingerprint density at radius 3 is 2.43 bits per heavy atom. The predicted octanol–water partition coefficient (Wildman–Crippen LogP) is 5.46. The third kappa shape index (κ3) is 7.24. The number of benzene rings is 3. The summed E-state index contributed by atoms with van der Waals surface area (Å²) in [5.41, 5.74) is 8.17. The van der Waals surface area contributed by atoms with Crippen LogP contribution in [0.3, 0.4) is 0 Å². The summed E-state index contributed by atoms with van der Waals surface area (Å²) in [6.07, 6.45) is 0.657. The van der Waals surface area contributed by atoms with Gasteiger partial charge in [0.05, 0.1) is 10.0 Å². The van der Waals surface area contributed by atoms with Crippen molar-refractivity contribution in [3.8, 4) is 11.8 Å². The van der Waals surface area contributed by atoms with Crippen LogP contribution >= 0.6 is 23.2 Å². The minimum Gasteiger partial charge on any atom is -0.352 e. The molecule has 0 aliphatic heterocycles. The highest BCUT2D eigenvalue weighted by Gasteiger charge is 2.16. The Morgan fingerprint density at radius 2 is 1.74 bits per heavy atom. The van der Waals surface area contributed by atoms with E-state index in [0.29, 0.717) is 39.2 Å². The lowest BCUT2D eigenvalue weighted by Crippen LogP contribution is -2.38. The molecule has 0 aliphatic rings. The summed E-state index contributed by atoms with van der Waals surface area (Å²) >= 11 is 12.3. The second-order valence-corrected chi connectivity index (χ2v) is 8.70. The number of hydroxylamine groups is 2. The largest absolute Gasteiger partial charge is 0.352 e. The number of nitrogens with two attached hydrogens (primary N) is 1. The van der Waals surface area contributed by atoms with Crippen LogP contribution in [0.5, 0.6) is 0 Å². The van der Waals surface area contributed by atoms with Crippen LogP contribution in [0, 0.1) is 11.8 Å². The predicted molar refractivity (Wildman–Crippen MR) is 138 cm³/mol. The van der Waals surface area contributed by atoms with E-state index in [-0.39, 0.29) is 11.8 Å². The Morgan fingerprint density at radius 1 is 1.00 bits per heavy atom. The standard InChI is InChI=1S/C27H25Cl2N3O3/c1-18(32(35)27(30)34)10-11-19-6-5-9-22(16-19)26(33)31-15-14-23(20-7-3-2-4-8-20)21-12-13-24(28)25(29)17-21/h2-9,12-13,16-18,23,35H,14-15H2,1H3,(H2,30,34)(H,31,33)/t18-,23?/m1/s1. The number of nitrogens with zero attached hydrogens (tertiary/aromatic N) is 1. The van der Waals surface area contributed by atoms with E-state index in [1.807, 2.05) is 42.5 Å². The first kappa shape index (κ1) is 26.1. The van der Waals surface area contributed by atoms with E-state index in [2.05, 4.69) is 17.2 Å². The number of hydrogen-bond acceptors (Lipinski definition) is 3. The summed E-state index contributed by atoms with van der Waals surface area (Å²) in [7, 11) is 0.